The summed E-state index contributed by atoms with van der Waals surface area (Å²) in [6.45, 7) is 5.47. The number of benzene rings is 1. The van der Waals surface area contributed by atoms with Gasteiger partial charge >= 0.3 is 0 Å². The normalized spacial score (nSPS) is 12.6. The number of halogens is 2. The molecular formula is C18H26ClIN4OS. The van der Waals surface area contributed by atoms with Crippen LogP contribution >= 0.6 is 47.3 Å². The first kappa shape index (κ1) is 23.1. The van der Waals surface area contributed by atoms with Gasteiger partial charge in [0, 0.05) is 29.9 Å². The zero-order valence-corrected chi connectivity index (χ0v) is 19.4. The average Bonchev–Trinajstić information content (AvgIpc) is 3.07. The Labute approximate surface area is 181 Å². The van der Waals surface area contributed by atoms with Crippen molar-refractivity contribution in [2.75, 3.05) is 19.8 Å². The molecule has 1 aromatic carbocycles. The van der Waals surface area contributed by atoms with Gasteiger partial charge in [0.15, 0.2) is 11.7 Å². The quantitative estimate of drug-likeness (QED) is 0.318. The highest BCUT2D eigenvalue weighted by Gasteiger charge is 2.12. The first-order chi connectivity index (χ1) is 12.0. The molecule has 0 aliphatic rings. The number of guanidine groups is 1. The fourth-order valence-corrected chi connectivity index (χ4v) is 3.18. The molecule has 0 aliphatic carbocycles. The standard InChI is InChI=1S/C18H25ClN4OS.HI/c1-12(2)16-9-15(24-23-16)10-21-18(20-3)22-11-17(25-4)13-6-5-7-14(19)8-13;/h5-9,12,17H,10-11H2,1-4H3,(H2,20,21,22);1H. The van der Waals surface area contributed by atoms with Crippen molar-refractivity contribution in [2.45, 2.75) is 31.6 Å². The van der Waals surface area contributed by atoms with Gasteiger partial charge in [0.05, 0.1) is 12.2 Å². The van der Waals surface area contributed by atoms with Crippen LogP contribution in [0.4, 0.5) is 0 Å². The number of hydrogen-bond acceptors (Lipinski definition) is 4. The minimum absolute atomic E-state index is 0. The lowest BCUT2D eigenvalue weighted by Crippen LogP contribution is -2.38. The Hall–Kier alpha value is -0.930. The average molecular weight is 509 g/mol. The van der Waals surface area contributed by atoms with Crippen LogP contribution in [0.5, 0.6) is 0 Å². The minimum atomic E-state index is 0. The highest BCUT2D eigenvalue weighted by molar-refractivity contribution is 14.0. The van der Waals surface area contributed by atoms with E-state index >= 15 is 0 Å². The maximum Gasteiger partial charge on any atom is 0.191 e. The van der Waals surface area contributed by atoms with Crippen molar-refractivity contribution in [2.24, 2.45) is 4.99 Å². The molecule has 0 saturated heterocycles. The lowest BCUT2D eigenvalue weighted by molar-refractivity contribution is 0.372. The Morgan fingerprint density at radius 2 is 2.08 bits per heavy atom. The summed E-state index contributed by atoms with van der Waals surface area (Å²) in [5, 5.41) is 11.7. The second kappa shape index (κ2) is 11.7. The Bertz CT molecular complexity index is 708. The topological polar surface area (TPSA) is 62.5 Å². The van der Waals surface area contributed by atoms with E-state index in [0.29, 0.717) is 12.5 Å². The summed E-state index contributed by atoms with van der Waals surface area (Å²) in [4.78, 5) is 4.26. The molecule has 1 aromatic heterocycles. The third-order valence-electron chi connectivity index (χ3n) is 3.78. The number of rotatable bonds is 7. The molecule has 5 nitrogen and oxygen atoms in total. The Morgan fingerprint density at radius 1 is 1.31 bits per heavy atom. The van der Waals surface area contributed by atoms with Gasteiger partial charge in [-0.2, -0.15) is 11.8 Å². The highest BCUT2D eigenvalue weighted by Crippen LogP contribution is 2.27. The molecule has 0 radical (unpaired) electrons. The molecule has 2 rings (SSSR count). The Morgan fingerprint density at radius 3 is 2.65 bits per heavy atom. The van der Waals surface area contributed by atoms with Gasteiger partial charge in [-0.25, -0.2) is 0 Å². The van der Waals surface area contributed by atoms with Crippen LogP contribution in [0, 0.1) is 0 Å². The molecule has 0 saturated carbocycles. The number of nitrogens with one attached hydrogen (secondary N) is 2. The summed E-state index contributed by atoms with van der Waals surface area (Å²) in [5.41, 5.74) is 2.16. The van der Waals surface area contributed by atoms with Crippen LogP contribution in [0.1, 0.15) is 42.0 Å². The number of aromatic nitrogens is 1. The third kappa shape index (κ3) is 7.00. The molecule has 2 aromatic rings. The van der Waals surface area contributed by atoms with Crippen molar-refractivity contribution in [3.05, 3.63) is 52.4 Å². The predicted octanol–water partition coefficient (Wildman–Crippen LogP) is 4.84. The van der Waals surface area contributed by atoms with Gasteiger partial charge in [-0.05, 0) is 29.9 Å². The zero-order valence-electron chi connectivity index (χ0n) is 15.5. The van der Waals surface area contributed by atoms with Gasteiger partial charge in [0.2, 0.25) is 0 Å². The molecule has 1 heterocycles. The maximum absolute atomic E-state index is 6.10. The summed E-state index contributed by atoms with van der Waals surface area (Å²) in [5.74, 6) is 1.88. The van der Waals surface area contributed by atoms with Crippen LogP contribution in [0.2, 0.25) is 5.02 Å². The van der Waals surface area contributed by atoms with Gasteiger partial charge in [-0.3, -0.25) is 4.99 Å². The number of hydrogen-bond donors (Lipinski definition) is 2. The highest BCUT2D eigenvalue weighted by atomic mass is 127. The smallest absolute Gasteiger partial charge is 0.191 e. The van der Waals surface area contributed by atoms with E-state index < -0.39 is 0 Å². The lowest BCUT2D eigenvalue weighted by atomic mass is 10.1. The Balaban J connectivity index is 0.00000338. The monoisotopic (exact) mass is 508 g/mol. The molecule has 26 heavy (non-hydrogen) atoms. The fourth-order valence-electron chi connectivity index (χ4n) is 2.31. The minimum Gasteiger partial charge on any atom is -0.359 e. The van der Waals surface area contributed by atoms with Crippen molar-refractivity contribution in [1.82, 2.24) is 15.8 Å². The van der Waals surface area contributed by atoms with Crippen molar-refractivity contribution in [1.29, 1.82) is 0 Å². The van der Waals surface area contributed by atoms with E-state index in [0.717, 1.165) is 29.0 Å². The molecule has 0 fully saturated rings. The first-order valence-corrected chi connectivity index (χ1v) is 9.88. The molecule has 2 N–H and O–H groups in total. The molecule has 0 amide bonds. The summed E-state index contributed by atoms with van der Waals surface area (Å²) >= 11 is 7.87. The van der Waals surface area contributed by atoms with E-state index in [1.165, 1.54) is 5.56 Å². The van der Waals surface area contributed by atoms with E-state index in [1.54, 1.807) is 18.8 Å². The van der Waals surface area contributed by atoms with Crippen LogP contribution in [-0.4, -0.2) is 31.0 Å². The zero-order chi connectivity index (χ0) is 18.2. The van der Waals surface area contributed by atoms with E-state index in [-0.39, 0.29) is 29.2 Å². The summed E-state index contributed by atoms with van der Waals surface area (Å²) in [6.07, 6.45) is 2.09. The molecule has 8 heteroatoms. The molecule has 0 spiro atoms. The predicted molar refractivity (Wildman–Crippen MR) is 122 cm³/mol. The van der Waals surface area contributed by atoms with Crippen LogP contribution in [0.15, 0.2) is 39.8 Å². The summed E-state index contributed by atoms with van der Waals surface area (Å²) < 4.78 is 5.34. The van der Waals surface area contributed by atoms with E-state index in [4.69, 9.17) is 16.1 Å². The van der Waals surface area contributed by atoms with Crippen LogP contribution in [0.25, 0.3) is 0 Å². The first-order valence-electron chi connectivity index (χ1n) is 8.21. The summed E-state index contributed by atoms with van der Waals surface area (Å²) in [7, 11) is 1.75. The molecule has 1 atom stereocenters. The van der Waals surface area contributed by atoms with Crippen LogP contribution in [0.3, 0.4) is 0 Å². The van der Waals surface area contributed by atoms with Crippen molar-refractivity contribution >= 4 is 53.3 Å². The molecule has 0 aliphatic heterocycles. The van der Waals surface area contributed by atoms with Gasteiger partial charge in [-0.15, -0.1) is 24.0 Å². The van der Waals surface area contributed by atoms with Gasteiger partial charge < -0.3 is 15.2 Å². The molecule has 144 valence electrons. The van der Waals surface area contributed by atoms with E-state index in [2.05, 4.69) is 47.0 Å². The van der Waals surface area contributed by atoms with Crippen LogP contribution < -0.4 is 10.6 Å². The Kier molecular flexibility index (Phi) is 10.4. The van der Waals surface area contributed by atoms with Gasteiger partial charge in [-0.1, -0.05) is 42.7 Å². The van der Waals surface area contributed by atoms with E-state index in [9.17, 15) is 0 Å². The second-order valence-electron chi connectivity index (χ2n) is 5.96. The maximum atomic E-state index is 6.10. The second-order valence-corrected chi connectivity index (χ2v) is 7.44. The van der Waals surface area contributed by atoms with Gasteiger partial charge in [0.25, 0.3) is 0 Å². The third-order valence-corrected chi connectivity index (χ3v) is 5.03. The lowest BCUT2D eigenvalue weighted by Gasteiger charge is -2.18. The van der Waals surface area contributed by atoms with Crippen LogP contribution in [-0.2, 0) is 6.54 Å². The molecule has 0 bridgehead atoms. The molecule has 1 unspecified atom stereocenters. The largest absolute Gasteiger partial charge is 0.359 e. The molecular weight excluding hydrogens is 483 g/mol. The number of aliphatic imine (C=N–C) groups is 1. The van der Waals surface area contributed by atoms with Crippen molar-refractivity contribution in [3.8, 4) is 0 Å². The fraction of sp³-hybridized carbons (Fsp3) is 0.444. The van der Waals surface area contributed by atoms with Crippen molar-refractivity contribution < 1.29 is 4.52 Å². The number of nitrogens with zero attached hydrogens (tertiary/aromatic N) is 2. The summed E-state index contributed by atoms with van der Waals surface area (Å²) in [6, 6.07) is 9.93. The SMILES string of the molecule is CN=C(NCc1cc(C(C)C)no1)NCC(SC)c1cccc(Cl)c1.I. The van der Waals surface area contributed by atoms with Gasteiger partial charge in [0.1, 0.15) is 0 Å². The van der Waals surface area contributed by atoms with E-state index in [1.807, 2.05) is 24.3 Å². The van der Waals surface area contributed by atoms with Crippen molar-refractivity contribution in [3.63, 3.8) is 0 Å². The number of thioether (sulfide) groups is 1.